The molecule has 0 atom stereocenters. The Balaban J connectivity index is 1.87. The summed E-state index contributed by atoms with van der Waals surface area (Å²) in [4.78, 5) is 0. The molecule has 2 rings (SSSR count). The van der Waals surface area contributed by atoms with E-state index in [1.807, 2.05) is 0 Å². The largest absolute Gasteiger partial charge is 0.325 e. The lowest BCUT2D eigenvalue weighted by Crippen LogP contribution is -2.21. The van der Waals surface area contributed by atoms with E-state index in [1.165, 1.54) is 22.2 Å². The first-order valence-electron chi connectivity index (χ1n) is 4.20. The van der Waals surface area contributed by atoms with Gasteiger partial charge in [0.15, 0.2) is 0 Å². The number of rotatable bonds is 3. The average molecular weight is 246 g/mol. The van der Waals surface area contributed by atoms with E-state index in [4.69, 9.17) is 5.73 Å². The summed E-state index contributed by atoms with van der Waals surface area (Å²) in [6, 6.07) is 2.19. The van der Waals surface area contributed by atoms with E-state index in [2.05, 4.69) is 27.4 Å². The highest BCUT2D eigenvalue weighted by Crippen LogP contribution is 2.37. The van der Waals surface area contributed by atoms with Crippen molar-refractivity contribution in [1.29, 1.82) is 0 Å². The second-order valence-corrected chi connectivity index (χ2v) is 5.91. The van der Waals surface area contributed by atoms with Gasteiger partial charge in [0.1, 0.15) is 0 Å². The first-order valence-corrected chi connectivity index (χ1v) is 5.87. The van der Waals surface area contributed by atoms with Gasteiger partial charge in [-0.1, -0.05) is 0 Å². The van der Waals surface area contributed by atoms with Crippen molar-refractivity contribution in [2.45, 2.75) is 31.2 Å². The Hall–Kier alpha value is 0.140. The van der Waals surface area contributed by atoms with Crippen LogP contribution in [0.1, 0.15) is 24.8 Å². The summed E-state index contributed by atoms with van der Waals surface area (Å²) < 4.78 is 1.22. The van der Waals surface area contributed by atoms with E-state index < -0.39 is 0 Å². The molecular formula is C9H12BrNS. The van der Waals surface area contributed by atoms with E-state index in [0.717, 1.165) is 12.8 Å². The van der Waals surface area contributed by atoms with Gasteiger partial charge in [0.25, 0.3) is 0 Å². The maximum absolute atomic E-state index is 5.99. The van der Waals surface area contributed by atoms with Crippen molar-refractivity contribution in [2.24, 2.45) is 5.73 Å². The van der Waals surface area contributed by atoms with Crippen molar-refractivity contribution >= 4 is 27.3 Å². The highest BCUT2D eigenvalue weighted by molar-refractivity contribution is 9.11. The zero-order valence-electron chi connectivity index (χ0n) is 6.85. The minimum absolute atomic E-state index is 0.203. The van der Waals surface area contributed by atoms with Crippen LogP contribution in [0.4, 0.5) is 0 Å². The van der Waals surface area contributed by atoms with Crippen molar-refractivity contribution in [1.82, 2.24) is 0 Å². The predicted molar refractivity (Wildman–Crippen MR) is 56.5 cm³/mol. The molecule has 1 aliphatic carbocycles. The second kappa shape index (κ2) is 3.13. The first kappa shape index (κ1) is 8.73. The van der Waals surface area contributed by atoms with Gasteiger partial charge in [-0.05, 0) is 58.6 Å². The summed E-state index contributed by atoms with van der Waals surface area (Å²) in [6.45, 7) is 0. The Morgan fingerprint density at radius 1 is 1.58 bits per heavy atom. The molecule has 66 valence electrons. The molecule has 1 aliphatic rings. The number of nitrogens with two attached hydrogens (primary N) is 1. The fourth-order valence-electron chi connectivity index (χ4n) is 1.28. The Bertz CT molecular complexity index is 278. The lowest BCUT2D eigenvalue weighted by Gasteiger charge is -2.05. The Morgan fingerprint density at radius 3 is 2.83 bits per heavy atom. The molecule has 0 aliphatic heterocycles. The predicted octanol–water partition coefficient (Wildman–Crippen LogP) is 2.93. The van der Waals surface area contributed by atoms with Crippen molar-refractivity contribution in [2.75, 3.05) is 0 Å². The van der Waals surface area contributed by atoms with Gasteiger partial charge in [-0.25, -0.2) is 0 Å². The van der Waals surface area contributed by atoms with Gasteiger partial charge in [-0.3, -0.25) is 0 Å². The van der Waals surface area contributed by atoms with Crippen LogP contribution in [0.2, 0.25) is 0 Å². The highest BCUT2D eigenvalue weighted by Gasteiger charge is 2.37. The molecule has 3 heteroatoms. The summed E-state index contributed by atoms with van der Waals surface area (Å²) in [5, 5.41) is 2.20. The lowest BCUT2D eigenvalue weighted by atomic mass is 10.1. The molecule has 0 aromatic carbocycles. The molecule has 1 saturated carbocycles. The summed E-state index contributed by atoms with van der Waals surface area (Å²) in [5.41, 5.74) is 7.62. The molecule has 0 saturated heterocycles. The Labute approximate surface area is 85.1 Å². The monoisotopic (exact) mass is 245 g/mol. The van der Waals surface area contributed by atoms with E-state index in [1.54, 1.807) is 11.3 Å². The van der Waals surface area contributed by atoms with Crippen LogP contribution in [0, 0.1) is 0 Å². The third-order valence-electron chi connectivity index (χ3n) is 2.43. The third-order valence-corrected chi connectivity index (χ3v) is 3.98. The van der Waals surface area contributed by atoms with Gasteiger partial charge < -0.3 is 5.73 Å². The minimum Gasteiger partial charge on any atom is -0.325 e. The third kappa shape index (κ3) is 2.09. The number of halogens is 1. The highest BCUT2D eigenvalue weighted by atomic mass is 79.9. The SMILES string of the molecule is NC1(CCc2csc(Br)c2)CC1. The molecule has 0 spiro atoms. The maximum Gasteiger partial charge on any atom is 0.0701 e. The molecule has 2 N–H and O–H groups in total. The molecule has 1 nitrogen and oxygen atoms in total. The quantitative estimate of drug-likeness (QED) is 0.871. The summed E-state index contributed by atoms with van der Waals surface area (Å²) in [6.07, 6.45) is 4.73. The standard InChI is InChI=1S/C9H12BrNS/c10-8-5-7(6-12-8)1-2-9(11)3-4-9/h5-6H,1-4,11H2. The molecule has 1 heterocycles. The topological polar surface area (TPSA) is 26.0 Å². The van der Waals surface area contributed by atoms with Gasteiger partial charge in [0, 0.05) is 5.54 Å². The van der Waals surface area contributed by atoms with Gasteiger partial charge in [-0.15, -0.1) is 11.3 Å². The first-order chi connectivity index (χ1) is 5.68. The number of aryl methyl sites for hydroxylation is 1. The summed E-state index contributed by atoms with van der Waals surface area (Å²) >= 11 is 5.21. The van der Waals surface area contributed by atoms with Gasteiger partial charge in [0.2, 0.25) is 0 Å². The molecule has 0 radical (unpaired) electrons. The average Bonchev–Trinajstić information content (AvgIpc) is 2.60. The van der Waals surface area contributed by atoms with E-state index in [0.29, 0.717) is 0 Å². The molecule has 12 heavy (non-hydrogen) atoms. The van der Waals surface area contributed by atoms with Crippen LogP contribution < -0.4 is 5.73 Å². The summed E-state index contributed by atoms with van der Waals surface area (Å²) in [5.74, 6) is 0. The second-order valence-electron chi connectivity index (χ2n) is 3.62. The van der Waals surface area contributed by atoms with Crippen molar-refractivity contribution in [3.63, 3.8) is 0 Å². The molecule has 0 amide bonds. The molecule has 0 unspecified atom stereocenters. The Morgan fingerprint density at radius 2 is 2.33 bits per heavy atom. The number of hydrogen-bond donors (Lipinski definition) is 1. The van der Waals surface area contributed by atoms with E-state index in [9.17, 15) is 0 Å². The van der Waals surface area contributed by atoms with Crippen LogP contribution in [0.25, 0.3) is 0 Å². The van der Waals surface area contributed by atoms with Crippen molar-refractivity contribution in [3.8, 4) is 0 Å². The fourth-order valence-corrected chi connectivity index (χ4v) is 2.52. The lowest BCUT2D eigenvalue weighted by molar-refractivity contribution is 0.610. The van der Waals surface area contributed by atoms with Crippen LogP contribution in [0.15, 0.2) is 15.2 Å². The summed E-state index contributed by atoms with van der Waals surface area (Å²) in [7, 11) is 0. The van der Waals surface area contributed by atoms with Gasteiger partial charge in [-0.2, -0.15) is 0 Å². The van der Waals surface area contributed by atoms with Crippen LogP contribution in [0.5, 0.6) is 0 Å². The van der Waals surface area contributed by atoms with Crippen LogP contribution in [0.3, 0.4) is 0 Å². The molecular weight excluding hydrogens is 234 g/mol. The zero-order chi connectivity index (χ0) is 8.60. The van der Waals surface area contributed by atoms with E-state index >= 15 is 0 Å². The minimum atomic E-state index is 0.203. The van der Waals surface area contributed by atoms with Gasteiger partial charge >= 0.3 is 0 Å². The normalized spacial score (nSPS) is 19.5. The molecule has 1 aromatic heterocycles. The molecule has 1 aromatic rings. The van der Waals surface area contributed by atoms with Gasteiger partial charge in [0.05, 0.1) is 3.79 Å². The van der Waals surface area contributed by atoms with Crippen molar-refractivity contribution < 1.29 is 0 Å². The van der Waals surface area contributed by atoms with Crippen LogP contribution in [-0.4, -0.2) is 5.54 Å². The zero-order valence-corrected chi connectivity index (χ0v) is 9.25. The Kier molecular flexibility index (Phi) is 2.27. The van der Waals surface area contributed by atoms with Crippen LogP contribution >= 0.6 is 27.3 Å². The van der Waals surface area contributed by atoms with Crippen molar-refractivity contribution in [3.05, 3.63) is 20.8 Å². The number of thiophene rings is 1. The smallest absolute Gasteiger partial charge is 0.0701 e. The molecule has 1 fully saturated rings. The maximum atomic E-state index is 5.99. The number of hydrogen-bond acceptors (Lipinski definition) is 2. The fraction of sp³-hybridized carbons (Fsp3) is 0.556. The molecule has 0 bridgehead atoms. The van der Waals surface area contributed by atoms with E-state index in [-0.39, 0.29) is 5.54 Å². The van der Waals surface area contributed by atoms with Crippen LogP contribution in [-0.2, 0) is 6.42 Å².